The highest BCUT2D eigenvalue weighted by molar-refractivity contribution is 14.1. The number of hydrogen-bond donors (Lipinski definition) is 2. The third-order valence-electron chi connectivity index (χ3n) is 8.01. The Kier molecular flexibility index (Phi) is 13.7. The van der Waals surface area contributed by atoms with E-state index in [4.69, 9.17) is 30.6 Å². The van der Waals surface area contributed by atoms with E-state index >= 15 is 0 Å². The lowest BCUT2D eigenvalue weighted by molar-refractivity contribution is -0.179. The summed E-state index contributed by atoms with van der Waals surface area (Å²) < 4.78 is 17.3. The van der Waals surface area contributed by atoms with Gasteiger partial charge in [-0.05, 0) is 72.1 Å². The van der Waals surface area contributed by atoms with Crippen molar-refractivity contribution in [3.05, 3.63) is 93.1 Å². The fourth-order valence-corrected chi connectivity index (χ4v) is 8.79. The van der Waals surface area contributed by atoms with Crippen LogP contribution >= 0.6 is 57.3 Å². The molecule has 2 aliphatic rings. The van der Waals surface area contributed by atoms with Crippen molar-refractivity contribution in [1.29, 1.82) is 0 Å². The summed E-state index contributed by atoms with van der Waals surface area (Å²) in [6.45, 7) is 12.9. The Labute approximate surface area is 357 Å². The molecule has 2 aromatic carbocycles. The maximum absolute atomic E-state index is 14.1. The van der Waals surface area contributed by atoms with Crippen LogP contribution in [0, 0.1) is 0 Å². The Morgan fingerprint density at radius 1 is 0.947 bits per heavy atom. The van der Waals surface area contributed by atoms with Gasteiger partial charge in [0.25, 0.3) is 11.8 Å². The Hall–Kier alpha value is -4.20. The van der Waals surface area contributed by atoms with E-state index in [1.54, 1.807) is 41.5 Å². The number of amides is 3. The standard InChI is InChI=1S/C39H43ClIN5O9S2/c1-37(2,3)53-34(50)39(7,8)55-45-25(24-29(40)57-35(43-24)44-36(51)54-38(4,5)6)30(47)42-26-31(48)46-27(23(19-41)20-56-32(26)46)33(49)52-28(21-15-11-9-12-16-21)22-17-13-10-14-18-22/h9-18,26,28,32H,19-20H2,1-8H3,(H,42,47)(H,43,44,51)/b45-25-/t26-,32-/m1/s1. The van der Waals surface area contributed by atoms with Crippen LogP contribution in [0.1, 0.15) is 78.3 Å². The van der Waals surface area contributed by atoms with Gasteiger partial charge in [-0.15, -0.1) is 11.8 Å². The lowest BCUT2D eigenvalue weighted by atomic mass is 10.0. The van der Waals surface area contributed by atoms with E-state index in [9.17, 15) is 24.0 Å². The molecule has 18 heteroatoms. The normalized spacial score (nSPS) is 17.4. The van der Waals surface area contributed by atoms with Gasteiger partial charge in [0.05, 0.1) is 0 Å². The van der Waals surface area contributed by atoms with Gasteiger partial charge in [-0.1, -0.05) is 111 Å². The first-order valence-electron chi connectivity index (χ1n) is 17.7. The van der Waals surface area contributed by atoms with E-state index in [0.29, 0.717) is 15.8 Å². The van der Waals surface area contributed by atoms with E-state index in [2.05, 4.69) is 43.4 Å². The summed E-state index contributed by atoms with van der Waals surface area (Å²) in [5.41, 5.74) is -1.70. The molecule has 0 spiro atoms. The molecule has 1 fully saturated rings. The summed E-state index contributed by atoms with van der Waals surface area (Å²) in [5, 5.41) is 8.51. The molecule has 0 bridgehead atoms. The monoisotopic (exact) mass is 951 g/mol. The number of ether oxygens (including phenoxy) is 3. The first-order chi connectivity index (χ1) is 26.7. The van der Waals surface area contributed by atoms with Crippen LogP contribution in [0.3, 0.4) is 0 Å². The van der Waals surface area contributed by atoms with E-state index in [-0.39, 0.29) is 20.9 Å². The Morgan fingerprint density at radius 3 is 2.07 bits per heavy atom. The molecular formula is C39H43ClIN5O9S2. The zero-order valence-corrected chi connectivity index (χ0v) is 37.1. The highest BCUT2D eigenvalue weighted by Crippen LogP contribution is 2.42. The molecule has 3 heterocycles. The molecular weight excluding hydrogens is 909 g/mol. The summed E-state index contributed by atoms with van der Waals surface area (Å²) in [6, 6.07) is 17.5. The number of β-lactam (4-membered cyclic amide) rings is 1. The number of hydrogen-bond acceptors (Lipinski definition) is 13. The highest BCUT2D eigenvalue weighted by atomic mass is 127. The molecule has 2 N–H and O–H groups in total. The van der Waals surface area contributed by atoms with Crippen molar-refractivity contribution in [1.82, 2.24) is 15.2 Å². The highest BCUT2D eigenvalue weighted by Gasteiger charge is 2.55. The van der Waals surface area contributed by atoms with Gasteiger partial charge in [-0.25, -0.2) is 19.4 Å². The minimum Gasteiger partial charge on any atom is -0.457 e. The Bertz CT molecular complexity index is 2040. The number of benzene rings is 2. The number of nitrogens with one attached hydrogen (secondary N) is 2. The number of thiazole rings is 1. The number of anilines is 1. The van der Waals surface area contributed by atoms with Gasteiger partial charge in [0.1, 0.15) is 38.3 Å². The summed E-state index contributed by atoms with van der Waals surface area (Å²) in [6.07, 6.45) is -1.56. The topological polar surface area (TPSA) is 175 Å². The van der Waals surface area contributed by atoms with Crippen molar-refractivity contribution in [3.8, 4) is 0 Å². The van der Waals surface area contributed by atoms with Crippen LogP contribution in [0.5, 0.6) is 0 Å². The van der Waals surface area contributed by atoms with E-state index in [1.165, 1.54) is 30.5 Å². The van der Waals surface area contributed by atoms with Gasteiger partial charge >= 0.3 is 18.0 Å². The average Bonchev–Trinajstić information content (AvgIpc) is 3.49. The smallest absolute Gasteiger partial charge is 0.413 e. The Morgan fingerprint density at radius 2 is 1.53 bits per heavy atom. The maximum Gasteiger partial charge on any atom is 0.413 e. The minimum absolute atomic E-state index is 0.0196. The van der Waals surface area contributed by atoms with Gasteiger partial charge < -0.3 is 24.4 Å². The first-order valence-corrected chi connectivity index (χ1v) is 21.5. The van der Waals surface area contributed by atoms with Crippen LogP contribution in [-0.2, 0) is 38.2 Å². The maximum atomic E-state index is 14.1. The third kappa shape index (κ3) is 10.9. The Balaban J connectivity index is 1.41. The van der Waals surface area contributed by atoms with Crippen LogP contribution in [0.25, 0.3) is 0 Å². The number of rotatable bonds is 12. The zero-order valence-electron chi connectivity index (χ0n) is 32.5. The number of nitrogens with zero attached hydrogens (tertiary/aromatic N) is 3. The van der Waals surface area contributed by atoms with Crippen molar-refractivity contribution >= 4 is 98.0 Å². The number of carbonyl (C=O) groups is 5. The number of aromatic nitrogens is 1. The van der Waals surface area contributed by atoms with Crippen molar-refractivity contribution in [3.63, 3.8) is 0 Å². The van der Waals surface area contributed by atoms with Crippen LogP contribution < -0.4 is 10.6 Å². The molecule has 0 aliphatic carbocycles. The molecule has 2 atom stereocenters. The number of oxime groups is 1. The predicted octanol–water partition coefficient (Wildman–Crippen LogP) is 7.41. The lowest BCUT2D eigenvalue weighted by Crippen LogP contribution is -2.71. The molecule has 304 valence electrons. The molecule has 3 aromatic rings. The molecule has 2 aliphatic heterocycles. The number of fused-ring (bicyclic) bond motifs is 1. The number of esters is 2. The molecule has 3 amide bonds. The van der Waals surface area contributed by atoms with E-state index < -0.39 is 69.9 Å². The number of thioether (sulfide) groups is 1. The van der Waals surface area contributed by atoms with Crippen molar-refractivity contribution in [2.75, 3.05) is 15.5 Å². The molecule has 0 unspecified atom stereocenters. The van der Waals surface area contributed by atoms with Gasteiger partial charge in [0, 0.05) is 10.2 Å². The molecule has 57 heavy (non-hydrogen) atoms. The van der Waals surface area contributed by atoms with Crippen molar-refractivity contribution < 1.29 is 43.0 Å². The number of alkyl halides is 1. The van der Waals surface area contributed by atoms with E-state index in [1.807, 2.05) is 60.7 Å². The van der Waals surface area contributed by atoms with Crippen molar-refractivity contribution in [2.24, 2.45) is 5.16 Å². The summed E-state index contributed by atoms with van der Waals surface area (Å²) >= 11 is 10.9. The fourth-order valence-electron chi connectivity index (χ4n) is 5.41. The van der Waals surface area contributed by atoms with E-state index in [0.717, 1.165) is 22.5 Å². The van der Waals surface area contributed by atoms with Gasteiger partial charge in [-0.2, -0.15) is 0 Å². The van der Waals surface area contributed by atoms with Crippen molar-refractivity contribution in [2.45, 2.75) is 89.7 Å². The quantitative estimate of drug-likeness (QED) is 0.0352. The summed E-state index contributed by atoms with van der Waals surface area (Å²) in [7, 11) is 0. The SMILES string of the molecule is CC(C)(C)OC(=O)Nc1nc(/C(=N/OC(C)(C)C(=O)OC(C)(C)C)C(=O)N[C@@H]2C(=O)N3C(C(=O)OC(c4ccccc4)c4ccccc4)=C(CI)CS[C@H]23)c(Cl)s1. The van der Waals surface area contributed by atoms with Crippen LogP contribution in [0.2, 0.25) is 4.34 Å². The molecule has 1 aromatic heterocycles. The molecule has 0 saturated carbocycles. The second kappa shape index (κ2) is 17.7. The van der Waals surface area contributed by atoms with Crippen LogP contribution in [0.15, 0.2) is 77.1 Å². The van der Waals surface area contributed by atoms with Gasteiger partial charge in [0.15, 0.2) is 16.9 Å². The van der Waals surface area contributed by atoms with Gasteiger partial charge in [-0.3, -0.25) is 19.8 Å². The number of carbonyl (C=O) groups excluding carboxylic acids is 5. The zero-order chi connectivity index (χ0) is 41.9. The largest absolute Gasteiger partial charge is 0.457 e. The number of halogens is 2. The lowest BCUT2D eigenvalue weighted by Gasteiger charge is -2.49. The predicted molar refractivity (Wildman–Crippen MR) is 226 cm³/mol. The molecule has 14 nitrogen and oxygen atoms in total. The average molecular weight is 952 g/mol. The first kappa shape index (κ1) is 43.9. The van der Waals surface area contributed by atoms with Crippen LogP contribution in [0.4, 0.5) is 9.93 Å². The fraction of sp³-hybridized carbons (Fsp3) is 0.410. The van der Waals surface area contributed by atoms with Gasteiger partial charge in [0.2, 0.25) is 5.60 Å². The summed E-state index contributed by atoms with van der Waals surface area (Å²) in [5.74, 6) is -2.54. The molecule has 1 saturated heterocycles. The summed E-state index contributed by atoms with van der Waals surface area (Å²) in [4.78, 5) is 78.9. The molecule has 5 rings (SSSR count). The second-order valence-corrected chi connectivity index (χ2v) is 18.8. The second-order valence-electron chi connectivity index (χ2n) is 15.4. The minimum atomic E-state index is -1.69. The van der Waals surface area contributed by atoms with Crippen LogP contribution in [-0.4, -0.2) is 83.8 Å². The third-order valence-corrected chi connectivity index (χ3v) is 11.4. The molecule has 0 radical (unpaired) electrons.